The largest absolute Gasteiger partial charge is 0.480 e. The number of ether oxygens (including phenoxy) is 1. The second kappa shape index (κ2) is 6.33. The molecule has 0 saturated carbocycles. The van der Waals surface area contributed by atoms with E-state index in [0.29, 0.717) is 6.54 Å². The Morgan fingerprint density at radius 3 is 2.50 bits per heavy atom. The molecule has 0 saturated heterocycles. The average molecular weight is 204 g/mol. The second-order valence-corrected chi connectivity index (χ2v) is 2.81. The fourth-order valence-electron chi connectivity index (χ4n) is 0.994. The molecule has 0 radical (unpaired) electrons. The summed E-state index contributed by atoms with van der Waals surface area (Å²) in [6, 6.07) is -0.792. The quantitative estimate of drug-likeness (QED) is 0.572. The molecule has 6 nitrogen and oxygen atoms in total. The Morgan fingerprint density at radius 1 is 1.57 bits per heavy atom. The van der Waals surface area contributed by atoms with E-state index >= 15 is 0 Å². The van der Waals surface area contributed by atoms with E-state index in [0.717, 1.165) is 0 Å². The SMILES string of the molecule is CCN(CC(=O)O)C(=O)C(N)COC. The van der Waals surface area contributed by atoms with Crippen LogP contribution in [0.25, 0.3) is 0 Å². The molecule has 0 aliphatic heterocycles. The van der Waals surface area contributed by atoms with Gasteiger partial charge in [-0.25, -0.2) is 0 Å². The molecule has 14 heavy (non-hydrogen) atoms. The predicted octanol–water partition coefficient (Wildman–Crippen LogP) is -1.11. The summed E-state index contributed by atoms with van der Waals surface area (Å²) in [5.41, 5.74) is 5.47. The molecule has 1 atom stereocenters. The third kappa shape index (κ3) is 4.20. The van der Waals surface area contributed by atoms with Crippen molar-refractivity contribution in [1.29, 1.82) is 0 Å². The Morgan fingerprint density at radius 2 is 2.14 bits per heavy atom. The molecule has 6 heteroatoms. The summed E-state index contributed by atoms with van der Waals surface area (Å²) in [6.45, 7) is 1.78. The number of carboxylic acids is 1. The number of carboxylic acid groups (broad SMARTS) is 1. The monoisotopic (exact) mass is 204 g/mol. The molecule has 0 bridgehead atoms. The van der Waals surface area contributed by atoms with Gasteiger partial charge in [0.2, 0.25) is 5.91 Å². The van der Waals surface area contributed by atoms with Gasteiger partial charge in [0.15, 0.2) is 0 Å². The van der Waals surface area contributed by atoms with E-state index in [1.807, 2.05) is 0 Å². The summed E-state index contributed by atoms with van der Waals surface area (Å²) in [5, 5.41) is 8.51. The lowest BCUT2D eigenvalue weighted by atomic mass is 10.3. The van der Waals surface area contributed by atoms with Gasteiger partial charge in [0, 0.05) is 13.7 Å². The van der Waals surface area contributed by atoms with Gasteiger partial charge in [0.25, 0.3) is 0 Å². The lowest BCUT2D eigenvalue weighted by Crippen LogP contribution is -2.47. The molecule has 0 fully saturated rings. The van der Waals surface area contributed by atoms with Crippen molar-refractivity contribution >= 4 is 11.9 Å². The van der Waals surface area contributed by atoms with E-state index < -0.39 is 17.9 Å². The van der Waals surface area contributed by atoms with Crippen LogP contribution in [0.5, 0.6) is 0 Å². The molecule has 1 amide bonds. The second-order valence-electron chi connectivity index (χ2n) is 2.81. The molecule has 3 N–H and O–H groups in total. The van der Waals surface area contributed by atoms with Gasteiger partial charge < -0.3 is 20.5 Å². The van der Waals surface area contributed by atoms with E-state index in [9.17, 15) is 9.59 Å². The van der Waals surface area contributed by atoms with Crippen LogP contribution in [0.1, 0.15) is 6.92 Å². The van der Waals surface area contributed by atoms with Crippen LogP contribution in [-0.2, 0) is 14.3 Å². The lowest BCUT2D eigenvalue weighted by molar-refractivity contribution is -0.145. The first-order chi connectivity index (χ1) is 6.52. The number of carbonyl (C=O) groups excluding carboxylic acids is 1. The van der Waals surface area contributed by atoms with E-state index in [1.54, 1.807) is 6.92 Å². The van der Waals surface area contributed by atoms with Crippen LogP contribution in [0.3, 0.4) is 0 Å². The minimum atomic E-state index is -1.05. The van der Waals surface area contributed by atoms with Crippen LogP contribution in [-0.4, -0.2) is 54.7 Å². The average Bonchev–Trinajstić information content (AvgIpc) is 2.13. The van der Waals surface area contributed by atoms with Gasteiger partial charge in [-0.1, -0.05) is 0 Å². The molecule has 0 heterocycles. The minimum Gasteiger partial charge on any atom is -0.480 e. The van der Waals surface area contributed by atoms with E-state index in [-0.39, 0.29) is 13.2 Å². The number of nitrogens with two attached hydrogens (primary N) is 1. The molecule has 82 valence electrons. The summed E-state index contributed by atoms with van der Waals surface area (Å²) < 4.78 is 4.70. The fraction of sp³-hybridized carbons (Fsp3) is 0.750. The number of hydrogen-bond acceptors (Lipinski definition) is 4. The molecule has 0 spiro atoms. The summed E-state index contributed by atoms with van der Waals surface area (Å²) in [4.78, 5) is 23.0. The third-order valence-corrected chi connectivity index (χ3v) is 1.68. The topological polar surface area (TPSA) is 92.9 Å². The van der Waals surface area contributed by atoms with Gasteiger partial charge in [0.05, 0.1) is 6.61 Å². The third-order valence-electron chi connectivity index (χ3n) is 1.68. The van der Waals surface area contributed by atoms with Crippen LogP contribution in [0.15, 0.2) is 0 Å². The van der Waals surface area contributed by atoms with Crippen LogP contribution in [0, 0.1) is 0 Å². The Labute approximate surface area is 82.6 Å². The van der Waals surface area contributed by atoms with Gasteiger partial charge in [-0.2, -0.15) is 0 Å². The summed E-state index contributed by atoms with van der Waals surface area (Å²) in [5.74, 6) is -1.46. The lowest BCUT2D eigenvalue weighted by Gasteiger charge is -2.21. The number of likely N-dealkylation sites (N-methyl/N-ethyl adjacent to an activating group) is 1. The summed E-state index contributed by atoms with van der Waals surface area (Å²) in [7, 11) is 1.43. The smallest absolute Gasteiger partial charge is 0.323 e. The standard InChI is InChI=1S/C8H16N2O4/c1-3-10(4-7(11)12)8(13)6(9)5-14-2/h6H,3-5,9H2,1-2H3,(H,11,12). The Bertz CT molecular complexity index is 208. The van der Waals surface area contributed by atoms with Crippen molar-refractivity contribution < 1.29 is 19.4 Å². The van der Waals surface area contributed by atoms with Crippen LogP contribution in [0.4, 0.5) is 0 Å². The Balaban J connectivity index is 4.22. The first kappa shape index (κ1) is 12.9. The molecule has 1 unspecified atom stereocenters. The van der Waals surface area contributed by atoms with Gasteiger partial charge in [0.1, 0.15) is 12.6 Å². The maximum Gasteiger partial charge on any atom is 0.323 e. The van der Waals surface area contributed by atoms with Gasteiger partial charge in [-0.3, -0.25) is 9.59 Å². The minimum absolute atomic E-state index is 0.0922. The maximum absolute atomic E-state index is 11.5. The number of amides is 1. The highest BCUT2D eigenvalue weighted by atomic mass is 16.5. The normalized spacial score (nSPS) is 12.2. The molecule has 0 aromatic heterocycles. The van der Waals surface area contributed by atoms with Crippen molar-refractivity contribution in [2.75, 3.05) is 26.8 Å². The highest BCUT2D eigenvalue weighted by molar-refractivity contribution is 5.85. The molecule has 0 aliphatic carbocycles. The van der Waals surface area contributed by atoms with Crippen LogP contribution < -0.4 is 5.73 Å². The van der Waals surface area contributed by atoms with E-state index in [2.05, 4.69) is 0 Å². The molecule has 0 aromatic carbocycles. The first-order valence-corrected chi connectivity index (χ1v) is 4.28. The molecular formula is C8H16N2O4. The van der Waals surface area contributed by atoms with Crippen molar-refractivity contribution in [1.82, 2.24) is 4.90 Å². The molecular weight excluding hydrogens is 188 g/mol. The summed E-state index contributed by atoms with van der Waals surface area (Å²) in [6.07, 6.45) is 0. The number of nitrogens with zero attached hydrogens (tertiary/aromatic N) is 1. The van der Waals surface area contributed by atoms with Crippen molar-refractivity contribution in [3.05, 3.63) is 0 Å². The zero-order valence-corrected chi connectivity index (χ0v) is 8.40. The number of aliphatic carboxylic acids is 1. The van der Waals surface area contributed by atoms with E-state index in [4.69, 9.17) is 15.6 Å². The van der Waals surface area contributed by atoms with Crippen molar-refractivity contribution in [2.24, 2.45) is 5.73 Å². The van der Waals surface area contributed by atoms with Crippen molar-refractivity contribution in [2.45, 2.75) is 13.0 Å². The van der Waals surface area contributed by atoms with Crippen LogP contribution in [0.2, 0.25) is 0 Å². The summed E-state index contributed by atoms with van der Waals surface area (Å²) >= 11 is 0. The first-order valence-electron chi connectivity index (χ1n) is 4.28. The highest BCUT2D eigenvalue weighted by Gasteiger charge is 2.21. The van der Waals surface area contributed by atoms with Crippen molar-refractivity contribution in [3.63, 3.8) is 0 Å². The Kier molecular flexibility index (Phi) is 5.82. The van der Waals surface area contributed by atoms with E-state index in [1.165, 1.54) is 12.0 Å². The fourth-order valence-corrected chi connectivity index (χ4v) is 0.994. The predicted molar refractivity (Wildman–Crippen MR) is 49.7 cm³/mol. The Hall–Kier alpha value is -1.14. The molecule has 0 rings (SSSR count). The number of hydrogen-bond donors (Lipinski definition) is 2. The highest BCUT2D eigenvalue weighted by Crippen LogP contribution is 1.94. The van der Waals surface area contributed by atoms with Gasteiger partial charge in [-0.15, -0.1) is 0 Å². The maximum atomic E-state index is 11.5. The molecule has 0 aromatic rings. The zero-order chi connectivity index (χ0) is 11.1. The van der Waals surface area contributed by atoms with Crippen LogP contribution >= 0.6 is 0 Å². The van der Waals surface area contributed by atoms with Gasteiger partial charge in [-0.05, 0) is 6.92 Å². The zero-order valence-electron chi connectivity index (χ0n) is 8.40. The number of rotatable bonds is 6. The number of methoxy groups -OCH3 is 1. The van der Waals surface area contributed by atoms with Gasteiger partial charge >= 0.3 is 5.97 Å². The van der Waals surface area contributed by atoms with Crippen molar-refractivity contribution in [3.8, 4) is 0 Å². The molecule has 0 aliphatic rings. The number of carbonyl (C=O) groups is 2.